The first kappa shape index (κ1) is 17.7. The van der Waals surface area contributed by atoms with Gasteiger partial charge in [-0.05, 0) is 35.9 Å². The molecule has 3 rings (SSSR count). The van der Waals surface area contributed by atoms with Crippen molar-refractivity contribution in [3.63, 3.8) is 0 Å². The topological polar surface area (TPSA) is 73.2 Å². The van der Waals surface area contributed by atoms with Crippen LogP contribution in [0.2, 0.25) is 5.02 Å². The fourth-order valence-corrected chi connectivity index (χ4v) is 2.63. The number of rotatable bonds is 5. The molecule has 1 heterocycles. The number of ether oxygens (including phenoxy) is 1. The zero-order valence-corrected chi connectivity index (χ0v) is 14.7. The number of anilines is 1. The molecule has 1 N–H and O–H groups in total. The normalized spacial score (nSPS) is 10.4. The van der Waals surface area contributed by atoms with Gasteiger partial charge in [0.1, 0.15) is 0 Å². The quantitative estimate of drug-likeness (QED) is 0.699. The van der Waals surface area contributed by atoms with Crippen LogP contribution in [-0.4, -0.2) is 28.8 Å². The minimum atomic E-state index is -0.560. The van der Waals surface area contributed by atoms with E-state index in [-0.39, 0.29) is 22.9 Å². The number of nitrogens with zero attached hydrogens (tertiary/aromatic N) is 2. The number of methoxy groups -OCH3 is 1. The predicted molar refractivity (Wildman–Crippen MR) is 98.7 cm³/mol. The highest BCUT2D eigenvalue weighted by Crippen LogP contribution is 2.21. The third-order valence-corrected chi connectivity index (χ3v) is 4.01. The number of halogens is 1. The molecule has 1 amide bonds. The SMILES string of the molecule is COC(=O)c1cc(NC(=O)Cc2cnn(-c3ccccc3)c2)ccc1Cl. The van der Waals surface area contributed by atoms with Gasteiger partial charge < -0.3 is 10.1 Å². The van der Waals surface area contributed by atoms with Gasteiger partial charge in [-0.2, -0.15) is 5.10 Å². The van der Waals surface area contributed by atoms with Crippen molar-refractivity contribution in [1.29, 1.82) is 0 Å². The Labute approximate surface area is 155 Å². The molecule has 0 spiro atoms. The summed E-state index contributed by atoms with van der Waals surface area (Å²) in [4.78, 5) is 23.9. The van der Waals surface area contributed by atoms with E-state index in [0.29, 0.717) is 5.69 Å². The number of hydrogen-bond donors (Lipinski definition) is 1. The molecule has 6 nitrogen and oxygen atoms in total. The minimum Gasteiger partial charge on any atom is -0.465 e. The van der Waals surface area contributed by atoms with Crippen molar-refractivity contribution < 1.29 is 14.3 Å². The van der Waals surface area contributed by atoms with E-state index in [9.17, 15) is 9.59 Å². The van der Waals surface area contributed by atoms with Crippen molar-refractivity contribution in [3.8, 4) is 5.69 Å². The molecular formula is C19H16ClN3O3. The van der Waals surface area contributed by atoms with E-state index in [1.54, 1.807) is 23.1 Å². The Balaban J connectivity index is 1.68. The van der Waals surface area contributed by atoms with Crippen LogP contribution >= 0.6 is 11.6 Å². The highest BCUT2D eigenvalue weighted by Gasteiger charge is 2.13. The number of esters is 1. The zero-order valence-electron chi connectivity index (χ0n) is 14.0. The molecule has 0 aliphatic carbocycles. The van der Waals surface area contributed by atoms with E-state index in [1.807, 2.05) is 30.3 Å². The molecular weight excluding hydrogens is 354 g/mol. The molecule has 3 aromatic rings. The molecule has 0 aliphatic heterocycles. The molecule has 2 aromatic carbocycles. The number of nitrogens with one attached hydrogen (secondary N) is 1. The van der Waals surface area contributed by atoms with Gasteiger partial charge in [-0.15, -0.1) is 0 Å². The van der Waals surface area contributed by atoms with Gasteiger partial charge in [0.15, 0.2) is 0 Å². The highest BCUT2D eigenvalue weighted by atomic mass is 35.5. The monoisotopic (exact) mass is 369 g/mol. The Kier molecular flexibility index (Phi) is 5.34. The van der Waals surface area contributed by atoms with Crippen molar-refractivity contribution >= 4 is 29.2 Å². The Morgan fingerprint density at radius 1 is 1.19 bits per heavy atom. The van der Waals surface area contributed by atoms with Crippen LogP contribution in [0.4, 0.5) is 5.69 Å². The second-order valence-electron chi connectivity index (χ2n) is 5.54. The molecule has 132 valence electrons. The molecule has 0 radical (unpaired) electrons. The lowest BCUT2D eigenvalue weighted by molar-refractivity contribution is -0.115. The Morgan fingerprint density at radius 2 is 1.96 bits per heavy atom. The Hall–Kier alpha value is -3.12. The van der Waals surface area contributed by atoms with Gasteiger partial charge >= 0.3 is 5.97 Å². The Morgan fingerprint density at radius 3 is 2.69 bits per heavy atom. The third kappa shape index (κ3) is 4.10. The van der Waals surface area contributed by atoms with Gasteiger partial charge in [0.05, 0.1) is 36.0 Å². The number of amides is 1. The fourth-order valence-electron chi connectivity index (χ4n) is 2.43. The van der Waals surface area contributed by atoms with Crippen LogP contribution in [0.3, 0.4) is 0 Å². The molecule has 0 unspecified atom stereocenters. The molecule has 0 saturated heterocycles. The average Bonchev–Trinajstić information content (AvgIpc) is 3.11. The number of carbonyl (C=O) groups excluding carboxylic acids is 2. The van der Waals surface area contributed by atoms with Crippen molar-refractivity contribution in [3.05, 3.63) is 77.1 Å². The summed E-state index contributed by atoms with van der Waals surface area (Å²) in [5.74, 6) is -0.786. The summed E-state index contributed by atoms with van der Waals surface area (Å²) in [5, 5.41) is 7.27. The second-order valence-corrected chi connectivity index (χ2v) is 5.95. The average molecular weight is 370 g/mol. The van der Waals surface area contributed by atoms with E-state index in [1.165, 1.54) is 19.2 Å². The lowest BCUT2D eigenvalue weighted by Gasteiger charge is -2.07. The van der Waals surface area contributed by atoms with Gasteiger partial charge in [-0.3, -0.25) is 4.79 Å². The van der Waals surface area contributed by atoms with Gasteiger partial charge in [0.25, 0.3) is 0 Å². The number of benzene rings is 2. The van der Waals surface area contributed by atoms with Crippen molar-refractivity contribution in [2.24, 2.45) is 0 Å². The summed E-state index contributed by atoms with van der Waals surface area (Å²) >= 11 is 5.97. The summed E-state index contributed by atoms with van der Waals surface area (Å²) in [5.41, 5.74) is 2.35. The van der Waals surface area contributed by atoms with Crippen LogP contribution in [0.1, 0.15) is 15.9 Å². The number of aromatic nitrogens is 2. The maximum Gasteiger partial charge on any atom is 0.339 e. The first-order valence-corrected chi connectivity index (χ1v) is 8.21. The number of hydrogen-bond acceptors (Lipinski definition) is 4. The number of carbonyl (C=O) groups is 2. The summed E-state index contributed by atoms with van der Waals surface area (Å²) < 4.78 is 6.38. The summed E-state index contributed by atoms with van der Waals surface area (Å²) in [6.07, 6.45) is 3.61. The first-order valence-electron chi connectivity index (χ1n) is 7.83. The highest BCUT2D eigenvalue weighted by molar-refractivity contribution is 6.33. The molecule has 0 bridgehead atoms. The van der Waals surface area contributed by atoms with Crippen molar-refractivity contribution in [1.82, 2.24) is 9.78 Å². The molecule has 7 heteroatoms. The second kappa shape index (κ2) is 7.84. The van der Waals surface area contributed by atoms with Crippen LogP contribution in [0.15, 0.2) is 60.9 Å². The molecule has 1 aromatic heterocycles. The first-order chi connectivity index (χ1) is 12.6. The smallest absolute Gasteiger partial charge is 0.339 e. The van der Waals surface area contributed by atoms with Crippen LogP contribution in [0, 0.1) is 0 Å². The van der Waals surface area contributed by atoms with Crippen LogP contribution < -0.4 is 5.32 Å². The summed E-state index contributed by atoms with van der Waals surface area (Å²) in [7, 11) is 1.27. The van der Waals surface area contributed by atoms with E-state index in [0.717, 1.165) is 11.3 Å². The standard InChI is InChI=1S/C19H16ClN3O3/c1-26-19(25)16-10-14(7-8-17(16)20)22-18(24)9-13-11-21-23(12-13)15-5-3-2-4-6-15/h2-8,10-12H,9H2,1H3,(H,22,24). The van der Waals surface area contributed by atoms with Crippen molar-refractivity contribution in [2.75, 3.05) is 12.4 Å². The summed E-state index contributed by atoms with van der Waals surface area (Å²) in [6.45, 7) is 0. The lowest BCUT2D eigenvalue weighted by atomic mass is 10.2. The van der Waals surface area contributed by atoms with Gasteiger partial charge in [-0.1, -0.05) is 29.8 Å². The van der Waals surface area contributed by atoms with E-state index >= 15 is 0 Å². The summed E-state index contributed by atoms with van der Waals surface area (Å²) in [6, 6.07) is 14.3. The van der Waals surface area contributed by atoms with Gasteiger partial charge in [0, 0.05) is 11.9 Å². The van der Waals surface area contributed by atoms with E-state index in [4.69, 9.17) is 11.6 Å². The van der Waals surface area contributed by atoms with Crippen LogP contribution in [0.25, 0.3) is 5.69 Å². The molecule has 26 heavy (non-hydrogen) atoms. The van der Waals surface area contributed by atoms with E-state index < -0.39 is 5.97 Å². The van der Waals surface area contributed by atoms with Crippen molar-refractivity contribution in [2.45, 2.75) is 6.42 Å². The molecule has 0 atom stereocenters. The molecule has 0 fully saturated rings. The third-order valence-electron chi connectivity index (χ3n) is 3.68. The van der Waals surface area contributed by atoms with Gasteiger partial charge in [-0.25, -0.2) is 9.48 Å². The maximum absolute atomic E-state index is 12.3. The van der Waals surface area contributed by atoms with Gasteiger partial charge in [0.2, 0.25) is 5.91 Å². The molecule has 0 aliphatic rings. The van der Waals surface area contributed by atoms with Crippen LogP contribution in [-0.2, 0) is 16.0 Å². The predicted octanol–water partition coefficient (Wildman–Crippen LogP) is 3.49. The van der Waals surface area contributed by atoms with E-state index in [2.05, 4.69) is 15.2 Å². The fraction of sp³-hybridized carbons (Fsp3) is 0.105. The zero-order chi connectivity index (χ0) is 18.5. The molecule has 0 saturated carbocycles. The van der Waals surface area contributed by atoms with Crippen LogP contribution in [0.5, 0.6) is 0 Å². The largest absolute Gasteiger partial charge is 0.465 e. The maximum atomic E-state index is 12.3. The minimum absolute atomic E-state index is 0.156. The number of para-hydroxylation sites is 1. The Bertz CT molecular complexity index is 938. The lowest BCUT2D eigenvalue weighted by Crippen LogP contribution is -2.14.